The van der Waals surface area contributed by atoms with Gasteiger partial charge in [-0.3, -0.25) is 0 Å². The molecule has 0 radical (unpaired) electrons. The van der Waals surface area contributed by atoms with Crippen molar-refractivity contribution in [2.45, 2.75) is 12.8 Å². The smallest absolute Gasteiger partial charge is 0.356 e. The van der Waals surface area contributed by atoms with Gasteiger partial charge < -0.3 is 9.57 Å². The van der Waals surface area contributed by atoms with E-state index in [2.05, 4.69) is 5.16 Å². The van der Waals surface area contributed by atoms with Gasteiger partial charge >= 0.3 is 5.97 Å². The maximum atomic E-state index is 11.6. The molecule has 0 N–H and O–H groups in total. The van der Waals surface area contributed by atoms with Gasteiger partial charge in [0.2, 0.25) is 0 Å². The van der Waals surface area contributed by atoms with Gasteiger partial charge in [0.15, 0.2) is 5.71 Å². The van der Waals surface area contributed by atoms with Crippen LogP contribution < -0.4 is 0 Å². The minimum absolute atomic E-state index is 0.111. The minimum Gasteiger partial charge on any atom is -0.461 e. The van der Waals surface area contributed by atoms with Crippen molar-refractivity contribution in [2.75, 3.05) is 13.2 Å². The van der Waals surface area contributed by atoms with Gasteiger partial charge in [-0.15, -0.1) is 0 Å². The molecular formula is C12H13NO3. The van der Waals surface area contributed by atoms with E-state index >= 15 is 0 Å². The first kappa shape index (κ1) is 10.7. The summed E-state index contributed by atoms with van der Waals surface area (Å²) in [5.41, 5.74) is 1.37. The Morgan fingerprint density at radius 3 is 2.94 bits per heavy atom. The Bertz CT molecular complexity index is 400. The summed E-state index contributed by atoms with van der Waals surface area (Å²) < 4.78 is 4.93. The molecular weight excluding hydrogens is 206 g/mol. The molecule has 0 aromatic heterocycles. The van der Waals surface area contributed by atoms with Crippen LogP contribution >= 0.6 is 0 Å². The lowest BCUT2D eigenvalue weighted by atomic mass is 9.95. The van der Waals surface area contributed by atoms with E-state index in [4.69, 9.17) is 9.57 Å². The maximum Gasteiger partial charge on any atom is 0.356 e. The normalized spacial score (nSPS) is 18.8. The average molecular weight is 219 g/mol. The third kappa shape index (κ3) is 2.05. The number of ether oxygens (including phenoxy) is 1. The van der Waals surface area contributed by atoms with Crippen LogP contribution in [0.5, 0.6) is 0 Å². The van der Waals surface area contributed by atoms with Crippen LogP contribution in [-0.2, 0) is 14.4 Å². The van der Waals surface area contributed by atoms with Gasteiger partial charge in [0.1, 0.15) is 6.61 Å². The quantitative estimate of drug-likeness (QED) is 0.727. The number of esters is 1. The van der Waals surface area contributed by atoms with Crippen molar-refractivity contribution < 1.29 is 14.4 Å². The number of carbonyl (C=O) groups is 1. The van der Waals surface area contributed by atoms with E-state index in [9.17, 15) is 4.79 Å². The predicted molar refractivity (Wildman–Crippen MR) is 59.2 cm³/mol. The summed E-state index contributed by atoms with van der Waals surface area (Å²) in [5.74, 6) is -0.505. The molecule has 84 valence electrons. The zero-order valence-electron chi connectivity index (χ0n) is 9.05. The summed E-state index contributed by atoms with van der Waals surface area (Å²) in [7, 11) is 0. The largest absolute Gasteiger partial charge is 0.461 e. The van der Waals surface area contributed by atoms with Crippen LogP contribution in [0.4, 0.5) is 0 Å². The summed E-state index contributed by atoms with van der Waals surface area (Å²) in [6.07, 6.45) is 0. The van der Waals surface area contributed by atoms with Crippen LogP contribution in [0.3, 0.4) is 0 Å². The maximum absolute atomic E-state index is 11.6. The van der Waals surface area contributed by atoms with E-state index in [1.165, 1.54) is 0 Å². The highest BCUT2D eigenvalue weighted by Crippen LogP contribution is 2.23. The Labute approximate surface area is 93.9 Å². The van der Waals surface area contributed by atoms with Crippen LogP contribution in [-0.4, -0.2) is 24.9 Å². The van der Waals surface area contributed by atoms with Crippen molar-refractivity contribution in [1.29, 1.82) is 0 Å². The van der Waals surface area contributed by atoms with Crippen molar-refractivity contribution in [3.8, 4) is 0 Å². The molecule has 1 unspecified atom stereocenters. The number of carbonyl (C=O) groups excluding carboxylic acids is 1. The van der Waals surface area contributed by atoms with Gasteiger partial charge in [-0.2, -0.15) is 0 Å². The molecule has 1 atom stereocenters. The molecule has 0 saturated carbocycles. The second kappa shape index (κ2) is 4.79. The Morgan fingerprint density at radius 2 is 2.25 bits per heavy atom. The Kier molecular flexibility index (Phi) is 3.19. The van der Waals surface area contributed by atoms with Crippen molar-refractivity contribution >= 4 is 11.7 Å². The predicted octanol–water partition coefficient (Wildman–Crippen LogP) is 1.72. The van der Waals surface area contributed by atoms with Crippen LogP contribution in [0.25, 0.3) is 0 Å². The second-order valence-electron chi connectivity index (χ2n) is 3.46. The van der Waals surface area contributed by atoms with E-state index in [0.29, 0.717) is 18.9 Å². The minimum atomic E-state index is -0.395. The van der Waals surface area contributed by atoms with Crippen molar-refractivity contribution in [1.82, 2.24) is 0 Å². The first-order valence-electron chi connectivity index (χ1n) is 5.25. The number of hydrogen-bond acceptors (Lipinski definition) is 4. The highest BCUT2D eigenvalue weighted by molar-refractivity contribution is 6.38. The van der Waals surface area contributed by atoms with Crippen LogP contribution in [0.15, 0.2) is 35.5 Å². The van der Waals surface area contributed by atoms with E-state index < -0.39 is 5.97 Å². The fourth-order valence-electron chi connectivity index (χ4n) is 1.65. The van der Waals surface area contributed by atoms with E-state index in [-0.39, 0.29) is 5.92 Å². The SMILES string of the molecule is CCOC(=O)C1=NOCC1c1ccccc1. The van der Waals surface area contributed by atoms with Crippen LogP contribution in [0.1, 0.15) is 18.4 Å². The van der Waals surface area contributed by atoms with Crippen molar-refractivity contribution in [3.63, 3.8) is 0 Å². The summed E-state index contributed by atoms with van der Waals surface area (Å²) in [6.45, 7) is 2.52. The first-order valence-corrected chi connectivity index (χ1v) is 5.25. The van der Waals surface area contributed by atoms with Crippen molar-refractivity contribution in [3.05, 3.63) is 35.9 Å². The molecule has 1 aliphatic rings. The van der Waals surface area contributed by atoms with E-state index in [1.807, 2.05) is 30.3 Å². The molecule has 0 spiro atoms. The fourth-order valence-corrected chi connectivity index (χ4v) is 1.65. The fraction of sp³-hybridized carbons (Fsp3) is 0.333. The summed E-state index contributed by atoms with van der Waals surface area (Å²) >= 11 is 0. The number of oxime groups is 1. The summed E-state index contributed by atoms with van der Waals surface area (Å²) in [6, 6.07) is 9.69. The zero-order chi connectivity index (χ0) is 11.4. The van der Waals surface area contributed by atoms with Crippen LogP contribution in [0.2, 0.25) is 0 Å². The summed E-state index contributed by atoms with van der Waals surface area (Å²) in [4.78, 5) is 16.6. The van der Waals surface area contributed by atoms with E-state index in [0.717, 1.165) is 5.56 Å². The Morgan fingerprint density at radius 1 is 1.50 bits per heavy atom. The highest BCUT2D eigenvalue weighted by Gasteiger charge is 2.31. The average Bonchev–Trinajstić information content (AvgIpc) is 2.79. The lowest BCUT2D eigenvalue weighted by molar-refractivity contribution is -0.135. The molecule has 0 fully saturated rings. The number of rotatable bonds is 3. The van der Waals surface area contributed by atoms with E-state index in [1.54, 1.807) is 6.92 Å². The molecule has 4 nitrogen and oxygen atoms in total. The van der Waals surface area contributed by atoms with Crippen LogP contribution in [0, 0.1) is 0 Å². The Hall–Kier alpha value is -1.84. The molecule has 2 rings (SSSR count). The third-order valence-corrected chi connectivity index (χ3v) is 2.42. The number of benzene rings is 1. The summed E-state index contributed by atoms with van der Waals surface area (Å²) in [5, 5.41) is 3.75. The molecule has 4 heteroatoms. The third-order valence-electron chi connectivity index (χ3n) is 2.42. The zero-order valence-corrected chi connectivity index (χ0v) is 9.05. The van der Waals surface area contributed by atoms with Gasteiger partial charge in [0.25, 0.3) is 0 Å². The molecule has 0 saturated heterocycles. The molecule has 0 bridgehead atoms. The topological polar surface area (TPSA) is 47.9 Å². The van der Waals surface area contributed by atoms with Gasteiger partial charge in [-0.1, -0.05) is 35.5 Å². The molecule has 1 aliphatic heterocycles. The van der Waals surface area contributed by atoms with Gasteiger partial charge in [-0.05, 0) is 12.5 Å². The molecule has 16 heavy (non-hydrogen) atoms. The molecule has 1 heterocycles. The lowest BCUT2D eigenvalue weighted by Gasteiger charge is -2.09. The molecule has 1 aromatic carbocycles. The number of nitrogens with zero attached hydrogens (tertiary/aromatic N) is 1. The first-order chi connectivity index (χ1) is 7.83. The van der Waals surface area contributed by atoms with Gasteiger partial charge in [0.05, 0.1) is 12.5 Å². The Balaban J connectivity index is 2.18. The second-order valence-corrected chi connectivity index (χ2v) is 3.46. The molecule has 0 aliphatic carbocycles. The monoisotopic (exact) mass is 219 g/mol. The lowest BCUT2D eigenvalue weighted by Crippen LogP contribution is -2.23. The van der Waals surface area contributed by atoms with Gasteiger partial charge in [-0.25, -0.2) is 4.79 Å². The van der Waals surface area contributed by atoms with Crippen molar-refractivity contribution in [2.24, 2.45) is 5.16 Å². The number of hydrogen-bond donors (Lipinski definition) is 0. The molecule has 1 aromatic rings. The molecule has 0 amide bonds. The van der Waals surface area contributed by atoms with Gasteiger partial charge in [0, 0.05) is 0 Å². The highest BCUT2D eigenvalue weighted by atomic mass is 16.6. The standard InChI is InChI=1S/C12H13NO3/c1-2-15-12(14)11-10(8-16-13-11)9-6-4-3-5-7-9/h3-7,10H,2,8H2,1H3.